The van der Waals surface area contributed by atoms with Gasteiger partial charge in [0.25, 0.3) is 0 Å². The van der Waals surface area contributed by atoms with E-state index in [2.05, 4.69) is 0 Å². The number of amides is 1. The van der Waals surface area contributed by atoms with E-state index < -0.39 is 27.9 Å². The molecule has 2 aromatic rings. The largest absolute Gasteiger partial charge is 0.453 e. The fourth-order valence-corrected chi connectivity index (χ4v) is 5.12. The van der Waals surface area contributed by atoms with Crippen LogP contribution in [0.3, 0.4) is 0 Å². The van der Waals surface area contributed by atoms with Crippen molar-refractivity contribution in [2.45, 2.75) is 17.4 Å². The number of hydrogen-bond acceptors (Lipinski definition) is 5. The molecule has 0 radical (unpaired) electrons. The lowest BCUT2D eigenvalue weighted by molar-refractivity contribution is -0.134. The van der Waals surface area contributed by atoms with E-state index in [1.165, 1.54) is 22.5 Å². The van der Waals surface area contributed by atoms with Crippen molar-refractivity contribution in [2.24, 2.45) is 0 Å². The molecule has 4 rings (SSSR count). The number of cyclic esters (lactones) is 1. The highest BCUT2D eigenvalue weighted by Crippen LogP contribution is 2.33. The molecule has 1 unspecified atom stereocenters. The van der Waals surface area contributed by atoms with Gasteiger partial charge in [-0.05, 0) is 18.2 Å². The Morgan fingerprint density at radius 1 is 1.03 bits per heavy atom. The lowest BCUT2D eigenvalue weighted by Crippen LogP contribution is -2.50. The first kappa shape index (κ1) is 19.5. The molecular weight excluding hydrogens is 399 g/mol. The fraction of sp³-hybridized carbons (Fsp3) is 0.300. The second kappa shape index (κ2) is 7.57. The van der Waals surface area contributed by atoms with Gasteiger partial charge in [0, 0.05) is 31.7 Å². The van der Waals surface area contributed by atoms with Gasteiger partial charge in [-0.3, -0.25) is 4.79 Å². The molecule has 2 aliphatic rings. The second-order valence-electron chi connectivity index (χ2n) is 6.90. The molecule has 0 saturated carbocycles. The molecule has 2 aromatic carbocycles. The van der Waals surface area contributed by atoms with E-state index in [0.717, 1.165) is 6.07 Å². The van der Waals surface area contributed by atoms with Crippen LogP contribution < -0.4 is 0 Å². The third kappa shape index (κ3) is 3.63. The molecule has 29 heavy (non-hydrogen) atoms. The van der Waals surface area contributed by atoms with E-state index in [-0.39, 0.29) is 43.4 Å². The lowest BCUT2D eigenvalue weighted by atomic mass is 10.0. The molecule has 0 spiro atoms. The third-order valence-corrected chi connectivity index (χ3v) is 7.11. The molecule has 7 nitrogen and oxygen atoms in total. The number of carbonyl (C=O) groups excluding carboxylic acids is 2. The monoisotopic (exact) mass is 418 g/mol. The molecule has 0 bridgehead atoms. The Kier molecular flexibility index (Phi) is 5.10. The molecule has 1 atom stereocenters. The summed E-state index contributed by atoms with van der Waals surface area (Å²) < 4.78 is 45.7. The van der Waals surface area contributed by atoms with E-state index in [1.54, 1.807) is 29.2 Å². The summed E-state index contributed by atoms with van der Waals surface area (Å²) in [5.41, 5.74) is 1.15. The summed E-state index contributed by atoms with van der Waals surface area (Å²) >= 11 is 0. The molecule has 0 aromatic heterocycles. The van der Waals surface area contributed by atoms with E-state index in [0.29, 0.717) is 11.1 Å². The Morgan fingerprint density at radius 3 is 2.41 bits per heavy atom. The highest BCUT2D eigenvalue weighted by Gasteiger charge is 2.35. The molecule has 0 N–H and O–H groups in total. The van der Waals surface area contributed by atoms with Gasteiger partial charge in [-0.2, -0.15) is 4.31 Å². The van der Waals surface area contributed by atoms with Crippen LogP contribution in [0, 0.1) is 5.82 Å². The summed E-state index contributed by atoms with van der Waals surface area (Å²) in [5.74, 6) is -1.46. The molecule has 0 aliphatic carbocycles. The number of piperazine rings is 1. The van der Waals surface area contributed by atoms with Crippen molar-refractivity contribution in [1.82, 2.24) is 9.21 Å². The summed E-state index contributed by atoms with van der Waals surface area (Å²) in [6.45, 7) is 0.524. The number of esters is 1. The van der Waals surface area contributed by atoms with Crippen LogP contribution in [-0.2, 0) is 19.6 Å². The number of sulfonamides is 1. The summed E-state index contributed by atoms with van der Waals surface area (Å²) in [6.07, 6.45) is -0.630. The van der Waals surface area contributed by atoms with Crippen LogP contribution in [0.4, 0.5) is 4.39 Å². The normalized spacial score (nSPS) is 19.7. The Bertz CT molecular complexity index is 1060. The van der Waals surface area contributed by atoms with E-state index in [9.17, 15) is 22.4 Å². The highest BCUT2D eigenvalue weighted by molar-refractivity contribution is 7.89. The van der Waals surface area contributed by atoms with Crippen LogP contribution in [-0.4, -0.2) is 55.7 Å². The van der Waals surface area contributed by atoms with E-state index in [4.69, 9.17) is 4.74 Å². The van der Waals surface area contributed by atoms with Crippen molar-refractivity contribution in [2.75, 3.05) is 26.2 Å². The molecular formula is C20H19FN2O5S. The van der Waals surface area contributed by atoms with Gasteiger partial charge < -0.3 is 9.64 Å². The van der Waals surface area contributed by atoms with Crippen molar-refractivity contribution in [3.63, 3.8) is 0 Å². The standard InChI is InChI=1S/C20H19FN2O5S/c21-16-7-3-4-8-18(16)29(26,27)23-11-9-22(10-12-23)19(24)13-17-14-5-1-2-6-15(14)20(25)28-17/h1-8,17H,9-13H2. The predicted molar refractivity (Wildman–Crippen MR) is 101 cm³/mol. The Morgan fingerprint density at radius 2 is 1.69 bits per heavy atom. The first-order valence-corrected chi connectivity index (χ1v) is 10.6. The summed E-state index contributed by atoms with van der Waals surface area (Å²) in [4.78, 5) is 25.7. The van der Waals surface area contributed by atoms with Gasteiger partial charge in [0.15, 0.2) is 0 Å². The van der Waals surface area contributed by atoms with Crippen LogP contribution in [0.5, 0.6) is 0 Å². The first-order valence-electron chi connectivity index (χ1n) is 9.20. The van der Waals surface area contributed by atoms with Crippen LogP contribution >= 0.6 is 0 Å². The number of carbonyl (C=O) groups is 2. The average molecular weight is 418 g/mol. The maximum absolute atomic E-state index is 13.9. The topological polar surface area (TPSA) is 84.0 Å². The van der Waals surface area contributed by atoms with E-state index in [1.807, 2.05) is 0 Å². The van der Waals surface area contributed by atoms with Gasteiger partial charge in [-0.25, -0.2) is 17.6 Å². The smallest absolute Gasteiger partial charge is 0.339 e. The van der Waals surface area contributed by atoms with Crippen molar-refractivity contribution in [3.8, 4) is 0 Å². The number of ether oxygens (including phenoxy) is 1. The number of benzene rings is 2. The zero-order valence-corrected chi connectivity index (χ0v) is 16.3. The molecule has 2 heterocycles. The summed E-state index contributed by atoms with van der Waals surface area (Å²) in [7, 11) is -3.96. The number of halogens is 1. The van der Waals surface area contributed by atoms with Gasteiger partial charge in [0.05, 0.1) is 12.0 Å². The lowest BCUT2D eigenvalue weighted by Gasteiger charge is -2.34. The molecule has 9 heteroatoms. The maximum Gasteiger partial charge on any atom is 0.339 e. The van der Waals surface area contributed by atoms with Crippen molar-refractivity contribution in [1.29, 1.82) is 0 Å². The molecule has 152 valence electrons. The molecule has 2 aliphatic heterocycles. The Balaban J connectivity index is 1.40. The minimum Gasteiger partial charge on any atom is -0.453 e. The van der Waals surface area contributed by atoms with Gasteiger partial charge in [0.2, 0.25) is 15.9 Å². The average Bonchev–Trinajstić information content (AvgIpc) is 3.04. The predicted octanol–water partition coefficient (Wildman–Crippen LogP) is 1.96. The van der Waals surface area contributed by atoms with Gasteiger partial charge >= 0.3 is 5.97 Å². The van der Waals surface area contributed by atoms with Gasteiger partial charge in [-0.15, -0.1) is 0 Å². The molecule has 1 amide bonds. The van der Waals surface area contributed by atoms with Crippen LogP contribution in [0.25, 0.3) is 0 Å². The molecule has 1 fully saturated rings. The van der Waals surface area contributed by atoms with Gasteiger partial charge in [-0.1, -0.05) is 30.3 Å². The number of rotatable bonds is 4. The minimum absolute atomic E-state index is 0.00279. The maximum atomic E-state index is 13.9. The third-order valence-electron chi connectivity index (χ3n) is 5.18. The SMILES string of the molecule is O=C1OC(CC(=O)N2CCN(S(=O)(=O)c3ccccc3F)CC2)c2ccccc21. The number of fused-ring (bicyclic) bond motifs is 1. The van der Waals surface area contributed by atoms with E-state index >= 15 is 0 Å². The van der Waals surface area contributed by atoms with Crippen LogP contribution in [0.15, 0.2) is 53.4 Å². The molecule has 1 saturated heterocycles. The second-order valence-corrected chi connectivity index (χ2v) is 8.81. The van der Waals surface area contributed by atoms with Crippen molar-refractivity contribution < 1.29 is 27.1 Å². The Labute approximate surface area is 167 Å². The first-order chi connectivity index (χ1) is 13.9. The number of hydrogen-bond donors (Lipinski definition) is 0. The summed E-state index contributed by atoms with van der Waals surface area (Å²) in [6, 6.07) is 12.2. The van der Waals surface area contributed by atoms with Gasteiger partial charge in [0.1, 0.15) is 16.8 Å². The quantitative estimate of drug-likeness (QED) is 0.709. The zero-order valence-electron chi connectivity index (χ0n) is 15.5. The number of nitrogens with zero attached hydrogens (tertiary/aromatic N) is 2. The Hall–Kier alpha value is -2.78. The van der Waals surface area contributed by atoms with Crippen LogP contribution in [0.1, 0.15) is 28.4 Å². The summed E-state index contributed by atoms with van der Waals surface area (Å²) in [5, 5.41) is 0. The van der Waals surface area contributed by atoms with Crippen molar-refractivity contribution >= 4 is 21.9 Å². The highest BCUT2D eigenvalue weighted by atomic mass is 32.2. The fourth-order valence-electron chi connectivity index (χ4n) is 3.63. The van der Waals surface area contributed by atoms with Crippen LogP contribution in [0.2, 0.25) is 0 Å². The minimum atomic E-state index is -3.96. The zero-order chi connectivity index (χ0) is 20.6. The van der Waals surface area contributed by atoms with Crippen molar-refractivity contribution in [3.05, 3.63) is 65.5 Å².